The van der Waals surface area contributed by atoms with Crippen LogP contribution in [0, 0.1) is 17.8 Å². The van der Waals surface area contributed by atoms with Crippen molar-refractivity contribution in [3.63, 3.8) is 0 Å². The number of ether oxygens (including phenoxy) is 1. The van der Waals surface area contributed by atoms with E-state index in [9.17, 15) is 4.79 Å². The molecule has 2 heteroatoms. The highest BCUT2D eigenvalue weighted by Crippen LogP contribution is 2.52. The maximum absolute atomic E-state index is 11.6. The van der Waals surface area contributed by atoms with Gasteiger partial charge in [-0.05, 0) is 50.4 Å². The number of fused-ring (bicyclic) bond motifs is 1. The van der Waals surface area contributed by atoms with Crippen LogP contribution in [-0.4, -0.2) is 13.1 Å². The molecular formula is C15H22O2. The number of hydrogen-bond acceptors (Lipinski definition) is 2. The first-order valence-corrected chi connectivity index (χ1v) is 6.72. The van der Waals surface area contributed by atoms with Gasteiger partial charge in [-0.25, -0.2) is 0 Å². The van der Waals surface area contributed by atoms with Crippen molar-refractivity contribution in [3.8, 4) is 0 Å². The Morgan fingerprint density at radius 3 is 1.88 bits per heavy atom. The van der Waals surface area contributed by atoms with E-state index >= 15 is 0 Å². The monoisotopic (exact) mass is 234 g/mol. The molecule has 17 heavy (non-hydrogen) atoms. The van der Waals surface area contributed by atoms with E-state index < -0.39 is 0 Å². The normalized spacial score (nSPS) is 36.9. The first kappa shape index (κ1) is 12.4. The Bertz CT molecular complexity index is 293. The van der Waals surface area contributed by atoms with Crippen molar-refractivity contribution in [1.82, 2.24) is 0 Å². The summed E-state index contributed by atoms with van der Waals surface area (Å²) in [7, 11) is 1.50. The maximum atomic E-state index is 11.6. The fraction of sp³-hybridized carbons (Fsp3) is 0.667. The highest BCUT2D eigenvalue weighted by Gasteiger charge is 2.53. The van der Waals surface area contributed by atoms with E-state index in [0.29, 0.717) is 11.8 Å². The molecule has 2 aliphatic rings. The summed E-state index contributed by atoms with van der Waals surface area (Å²) in [6.45, 7) is 0. The highest BCUT2D eigenvalue weighted by atomic mass is 16.5. The Morgan fingerprint density at radius 2 is 1.41 bits per heavy atom. The van der Waals surface area contributed by atoms with Gasteiger partial charge in [0.2, 0.25) is 0 Å². The predicted molar refractivity (Wildman–Crippen MR) is 68.5 cm³/mol. The van der Waals surface area contributed by atoms with Crippen LogP contribution in [0.25, 0.3) is 0 Å². The largest absolute Gasteiger partial charge is 0.469 e. The second-order valence-electron chi connectivity index (χ2n) is 5.05. The minimum Gasteiger partial charge on any atom is -0.469 e. The zero-order valence-electron chi connectivity index (χ0n) is 10.6. The Balaban J connectivity index is 1.93. The lowest BCUT2D eigenvalue weighted by atomic mass is 10.1. The summed E-state index contributed by atoms with van der Waals surface area (Å²) < 4.78 is 4.88. The third-order valence-corrected chi connectivity index (χ3v) is 3.97. The molecule has 0 N–H and O–H groups in total. The first-order chi connectivity index (χ1) is 8.34. The molecule has 0 saturated heterocycles. The van der Waals surface area contributed by atoms with E-state index in [0.717, 1.165) is 38.5 Å². The SMILES string of the molecule is COC(=O)C1C2CC/C=C\CC/C=C\CCC21. The van der Waals surface area contributed by atoms with Crippen molar-refractivity contribution in [2.24, 2.45) is 17.8 Å². The summed E-state index contributed by atoms with van der Waals surface area (Å²) in [4.78, 5) is 11.6. The zero-order chi connectivity index (χ0) is 12.1. The Labute approximate surface area is 104 Å². The molecule has 0 aromatic carbocycles. The zero-order valence-corrected chi connectivity index (χ0v) is 10.6. The molecule has 2 atom stereocenters. The second-order valence-corrected chi connectivity index (χ2v) is 5.05. The van der Waals surface area contributed by atoms with Gasteiger partial charge in [0.05, 0.1) is 13.0 Å². The van der Waals surface area contributed by atoms with E-state index in [1.165, 1.54) is 7.11 Å². The molecule has 2 rings (SSSR count). The third-order valence-electron chi connectivity index (χ3n) is 3.97. The molecule has 0 aliphatic heterocycles. The van der Waals surface area contributed by atoms with Crippen LogP contribution in [0.3, 0.4) is 0 Å². The number of carbonyl (C=O) groups excluding carboxylic acids is 1. The summed E-state index contributed by atoms with van der Waals surface area (Å²) in [5, 5.41) is 0. The van der Waals surface area contributed by atoms with Crippen molar-refractivity contribution in [3.05, 3.63) is 24.3 Å². The molecule has 0 radical (unpaired) electrons. The van der Waals surface area contributed by atoms with Crippen LogP contribution >= 0.6 is 0 Å². The summed E-state index contributed by atoms with van der Waals surface area (Å²) >= 11 is 0. The Kier molecular flexibility index (Phi) is 4.41. The van der Waals surface area contributed by atoms with Gasteiger partial charge in [0.1, 0.15) is 0 Å². The van der Waals surface area contributed by atoms with Crippen LogP contribution in [0.2, 0.25) is 0 Å². The third kappa shape index (κ3) is 3.21. The molecule has 1 fully saturated rings. The average molecular weight is 234 g/mol. The summed E-state index contributed by atoms with van der Waals surface area (Å²) in [6.07, 6.45) is 15.8. The number of esters is 1. The predicted octanol–water partition coefficient (Wildman–Crippen LogP) is 3.49. The van der Waals surface area contributed by atoms with Crippen molar-refractivity contribution in [1.29, 1.82) is 0 Å². The molecule has 0 amide bonds. The van der Waals surface area contributed by atoms with Gasteiger partial charge in [0, 0.05) is 0 Å². The van der Waals surface area contributed by atoms with E-state index in [1.54, 1.807) is 0 Å². The molecule has 0 heterocycles. The molecule has 94 valence electrons. The van der Waals surface area contributed by atoms with Gasteiger partial charge >= 0.3 is 5.97 Å². The molecule has 0 aromatic rings. The summed E-state index contributed by atoms with van der Waals surface area (Å²) in [5.41, 5.74) is 0. The molecule has 2 nitrogen and oxygen atoms in total. The van der Waals surface area contributed by atoms with Crippen molar-refractivity contribution >= 4 is 5.97 Å². The molecule has 0 spiro atoms. The maximum Gasteiger partial charge on any atom is 0.309 e. The number of allylic oxidation sites excluding steroid dienone is 4. The minimum absolute atomic E-state index is 0.00262. The first-order valence-electron chi connectivity index (χ1n) is 6.72. The average Bonchev–Trinajstić information content (AvgIpc) is 3.01. The fourth-order valence-corrected chi connectivity index (χ4v) is 2.96. The second kappa shape index (κ2) is 6.04. The van der Waals surface area contributed by atoms with Crippen LogP contribution in [0.1, 0.15) is 38.5 Å². The number of hydrogen-bond donors (Lipinski definition) is 0. The van der Waals surface area contributed by atoms with E-state index in [1.807, 2.05) is 0 Å². The van der Waals surface area contributed by atoms with Gasteiger partial charge in [0.15, 0.2) is 0 Å². The summed E-state index contributed by atoms with van der Waals surface area (Å²) in [6, 6.07) is 0. The number of rotatable bonds is 1. The Hall–Kier alpha value is -1.05. The molecule has 2 aliphatic carbocycles. The minimum atomic E-state index is 0.00262. The molecule has 1 saturated carbocycles. The van der Waals surface area contributed by atoms with Crippen LogP contribution in [0.4, 0.5) is 0 Å². The van der Waals surface area contributed by atoms with Crippen molar-refractivity contribution in [2.45, 2.75) is 38.5 Å². The van der Waals surface area contributed by atoms with Gasteiger partial charge in [-0.15, -0.1) is 0 Å². The van der Waals surface area contributed by atoms with Gasteiger partial charge in [-0.3, -0.25) is 4.79 Å². The quantitative estimate of drug-likeness (QED) is 0.513. The highest BCUT2D eigenvalue weighted by molar-refractivity contribution is 5.76. The van der Waals surface area contributed by atoms with Crippen LogP contribution < -0.4 is 0 Å². The van der Waals surface area contributed by atoms with Gasteiger partial charge in [0.25, 0.3) is 0 Å². The van der Waals surface area contributed by atoms with Crippen LogP contribution in [0.15, 0.2) is 24.3 Å². The molecule has 0 aromatic heterocycles. The van der Waals surface area contributed by atoms with Crippen molar-refractivity contribution in [2.75, 3.05) is 7.11 Å². The lowest BCUT2D eigenvalue weighted by molar-refractivity contribution is -0.142. The van der Waals surface area contributed by atoms with E-state index in [-0.39, 0.29) is 11.9 Å². The summed E-state index contributed by atoms with van der Waals surface area (Å²) in [5.74, 6) is 1.32. The smallest absolute Gasteiger partial charge is 0.309 e. The molecule has 2 unspecified atom stereocenters. The molecule has 0 bridgehead atoms. The van der Waals surface area contributed by atoms with E-state index in [2.05, 4.69) is 24.3 Å². The van der Waals surface area contributed by atoms with Crippen molar-refractivity contribution < 1.29 is 9.53 Å². The Morgan fingerprint density at radius 1 is 0.941 bits per heavy atom. The van der Waals surface area contributed by atoms with Gasteiger partial charge < -0.3 is 4.74 Å². The number of carbonyl (C=O) groups is 1. The van der Waals surface area contributed by atoms with E-state index in [4.69, 9.17) is 4.74 Å². The van der Waals surface area contributed by atoms with Gasteiger partial charge in [-0.1, -0.05) is 24.3 Å². The van der Waals surface area contributed by atoms with Gasteiger partial charge in [-0.2, -0.15) is 0 Å². The molecular weight excluding hydrogens is 212 g/mol. The van der Waals surface area contributed by atoms with Crippen LogP contribution in [0.5, 0.6) is 0 Å². The lowest BCUT2D eigenvalue weighted by Crippen LogP contribution is -2.05. The number of methoxy groups -OCH3 is 1. The lowest BCUT2D eigenvalue weighted by Gasteiger charge is -1.97. The fourth-order valence-electron chi connectivity index (χ4n) is 2.96. The topological polar surface area (TPSA) is 26.3 Å². The standard InChI is InChI=1S/C15H22O2/c1-17-15(16)14-12-10-8-6-4-2-3-5-7-9-11-13(12)14/h4-7,12-14H,2-3,8-11H2,1H3/b6-4-,7-5-. The van der Waals surface area contributed by atoms with Crippen LogP contribution in [-0.2, 0) is 9.53 Å².